The molecule has 0 aliphatic heterocycles. The zero-order valence-electron chi connectivity index (χ0n) is 10.1. The van der Waals surface area contributed by atoms with Gasteiger partial charge in [0.1, 0.15) is 11.6 Å². The molecule has 4 nitrogen and oxygen atoms in total. The highest BCUT2D eigenvalue weighted by Gasteiger charge is 2.10. The second-order valence-electron chi connectivity index (χ2n) is 4.05. The summed E-state index contributed by atoms with van der Waals surface area (Å²) in [5, 5.41) is 2.62. The van der Waals surface area contributed by atoms with Gasteiger partial charge in [0, 0.05) is 21.9 Å². The molecule has 2 aromatic rings. The molecular weight excluding hydrogens is 313 g/mol. The van der Waals surface area contributed by atoms with Crippen molar-refractivity contribution in [3.05, 3.63) is 51.9 Å². The number of halogens is 2. The Labute approximate surface area is 118 Å². The SMILES string of the molecule is Cc1cc(Br)cnc1NC(=O)c1cc(N)cc(F)c1. The van der Waals surface area contributed by atoms with Gasteiger partial charge >= 0.3 is 0 Å². The van der Waals surface area contributed by atoms with Gasteiger partial charge in [-0.05, 0) is 52.7 Å². The Bertz CT molecular complexity index is 626. The topological polar surface area (TPSA) is 68.0 Å². The van der Waals surface area contributed by atoms with Gasteiger partial charge in [-0.3, -0.25) is 4.79 Å². The summed E-state index contributed by atoms with van der Waals surface area (Å²) in [6.07, 6.45) is 1.57. The van der Waals surface area contributed by atoms with E-state index in [9.17, 15) is 9.18 Å². The number of amides is 1. The standard InChI is InChI=1S/C13H11BrFN3O/c1-7-2-9(14)6-17-12(7)18-13(19)8-3-10(15)5-11(16)4-8/h2-6H,16H2,1H3,(H,17,18,19). The summed E-state index contributed by atoms with van der Waals surface area (Å²) < 4.78 is 14.0. The molecule has 0 saturated heterocycles. The van der Waals surface area contributed by atoms with Gasteiger partial charge in [0.15, 0.2) is 0 Å². The maximum Gasteiger partial charge on any atom is 0.257 e. The number of carbonyl (C=O) groups is 1. The molecule has 1 aromatic carbocycles. The number of rotatable bonds is 2. The predicted octanol–water partition coefficient (Wildman–Crippen LogP) is 3.13. The number of carbonyl (C=O) groups excluding carboxylic acids is 1. The zero-order chi connectivity index (χ0) is 14.0. The smallest absolute Gasteiger partial charge is 0.257 e. The van der Waals surface area contributed by atoms with Crippen molar-refractivity contribution in [3.8, 4) is 0 Å². The number of benzene rings is 1. The van der Waals surface area contributed by atoms with Gasteiger partial charge in [0.05, 0.1) is 0 Å². The molecule has 0 radical (unpaired) electrons. The van der Waals surface area contributed by atoms with Crippen LogP contribution in [0.2, 0.25) is 0 Å². The van der Waals surface area contributed by atoms with Gasteiger partial charge in [-0.25, -0.2) is 9.37 Å². The Morgan fingerprint density at radius 1 is 1.37 bits per heavy atom. The quantitative estimate of drug-likeness (QED) is 0.834. The molecule has 2 rings (SSSR count). The van der Waals surface area contributed by atoms with E-state index in [1.807, 2.05) is 13.0 Å². The summed E-state index contributed by atoms with van der Waals surface area (Å²) in [6.45, 7) is 1.81. The Balaban J connectivity index is 2.25. The molecular formula is C13H11BrFN3O. The van der Waals surface area contributed by atoms with Crippen LogP contribution in [0.15, 0.2) is 34.9 Å². The van der Waals surface area contributed by atoms with Crippen LogP contribution in [-0.4, -0.2) is 10.9 Å². The molecule has 1 heterocycles. The number of hydrogen-bond donors (Lipinski definition) is 2. The van der Waals surface area contributed by atoms with E-state index in [1.54, 1.807) is 6.20 Å². The minimum atomic E-state index is -0.550. The molecule has 0 aliphatic rings. The van der Waals surface area contributed by atoms with Gasteiger partial charge in [-0.1, -0.05) is 0 Å². The van der Waals surface area contributed by atoms with Crippen molar-refractivity contribution in [3.63, 3.8) is 0 Å². The highest BCUT2D eigenvalue weighted by Crippen LogP contribution is 2.18. The molecule has 1 amide bonds. The van der Waals surface area contributed by atoms with Crippen molar-refractivity contribution in [2.45, 2.75) is 6.92 Å². The maximum absolute atomic E-state index is 13.2. The largest absolute Gasteiger partial charge is 0.399 e. The van der Waals surface area contributed by atoms with Crippen LogP contribution in [0.25, 0.3) is 0 Å². The molecule has 0 bridgehead atoms. The summed E-state index contributed by atoms with van der Waals surface area (Å²) in [5.74, 6) is -0.578. The van der Waals surface area contributed by atoms with Crippen molar-refractivity contribution in [2.75, 3.05) is 11.1 Å². The molecule has 98 valence electrons. The fourth-order valence-electron chi connectivity index (χ4n) is 1.59. The number of hydrogen-bond acceptors (Lipinski definition) is 3. The van der Waals surface area contributed by atoms with Crippen molar-refractivity contribution in [1.82, 2.24) is 4.98 Å². The zero-order valence-corrected chi connectivity index (χ0v) is 11.7. The van der Waals surface area contributed by atoms with Crippen molar-refractivity contribution >= 4 is 33.3 Å². The summed E-state index contributed by atoms with van der Waals surface area (Å²) >= 11 is 3.29. The molecule has 0 unspecified atom stereocenters. The van der Waals surface area contributed by atoms with Crippen molar-refractivity contribution in [1.29, 1.82) is 0 Å². The van der Waals surface area contributed by atoms with Crippen LogP contribution < -0.4 is 11.1 Å². The second kappa shape index (κ2) is 5.36. The van der Waals surface area contributed by atoms with Gasteiger partial charge in [0.25, 0.3) is 5.91 Å². The maximum atomic E-state index is 13.2. The Morgan fingerprint density at radius 3 is 2.74 bits per heavy atom. The van der Waals surface area contributed by atoms with Crippen molar-refractivity contribution < 1.29 is 9.18 Å². The third kappa shape index (κ3) is 3.29. The first-order chi connectivity index (χ1) is 8.95. The second-order valence-corrected chi connectivity index (χ2v) is 4.96. The van der Waals surface area contributed by atoms with E-state index in [-0.39, 0.29) is 11.3 Å². The summed E-state index contributed by atoms with van der Waals surface area (Å²) in [7, 11) is 0. The average molecular weight is 324 g/mol. The third-order valence-electron chi connectivity index (χ3n) is 2.46. The monoisotopic (exact) mass is 323 g/mol. The van der Waals surface area contributed by atoms with Crippen LogP contribution in [0.5, 0.6) is 0 Å². The number of nitrogens with two attached hydrogens (primary N) is 1. The predicted molar refractivity (Wildman–Crippen MR) is 75.4 cm³/mol. The number of nitrogens with zero attached hydrogens (tertiary/aromatic N) is 1. The van der Waals surface area contributed by atoms with Crippen LogP contribution in [0, 0.1) is 12.7 Å². The van der Waals surface area contributed by atoms with Gasteiger partial charge in [-0.15, -0.1) is 0 Å². The van der Waals surface area contributed by atoms with E-state index < -0.39 is 11.7 Å². The number of nitrogen functional groups attached to an aromatic ring is 1. The summed E-state index contributed by atoms with van der Waals surface area (Å²) in [4.78, 5) is 16.1. The lowest BCUT2D eigenvalue weighted by Crippen LogP contribution is -2.14. The number of nitrogens with one attached hydrogen (secondary N) is 1. The first-order valence-electron chi connectivity index (χ1n) is 5.45. The van der Waals surface area contributed by atoms with Gasteiger partial charge < -0.3 is 11.1 Å². The molecule has 0 fully saturated rings. The van der Waals surface area contributed by atoms with Crippen LogP contribution in [0.1, 0.15) is 15.9 Å². The number of aryl methyl sites for hydroxylation is 1. The molecule has 0 saturated carbocycles. The minimum Gasteiger partial charge on any atom is -0.399 e. The molecule has 6 heteroatoms. The van der Waals surface area contributed by atoms with Crippen LogP contribution >= 0.6 is 15.9 Å². The van der Waals surface area contributed by atoms with E-state index in [4.69, 9.17) is 5.73 Å². The lowest BCUT2D eigenvalue weighted by molar-refractivity contribution is 0.102. The fourth-order valence-corrected chi connectivity index (χ4v) is 2.04. The number of anilines is 2. The number of aromatic nitrogens is 1. The van der Waals surface area contributed by atoms with Crippen LogP contribution in [0.4, 0.5) is 15.9 Å². The third-order valence-corrected chi connectivity index (χ3v) is 2.89. The van der Waals surface area contributed by atoms with Gasteiger partial charge in [-0.2, -0.15) is 0 Å². The molecule has 0 aliphatic carbocycles. The van der Waals surface area contributed by atoms with E-state index >= 15 is 0 Å². The molecule has 1 aromatic heterocycles. The lowest BCUT2D eigenvalue weighted by atomic mass is 10.2. The van der Waals surface area contributed by atoms with Gasteiger partial charge in [0.2, 0.25) is 0 Å². The minimum absolute atomic E-state index is 0.154. The van der Waals surface area contributed by atoms with E-state index in [0.29, 0.717) is 5.82 Å². The van der Waals surface area contributed by atoms with E-state index in [0.717, 1.165) is 22.2 Å². The first kappa shape index (κ1) is 13.5. The molecule has 19 heavy (non-hydrogen) atoms. The van der Waals surface area contributed by atoms with E-state index in [1.165, 1.54) is 6.07 Å². The Hall–Kier alpha value is -1.95. The lowest BCUT2D eigenvalue weighted by Gasteiger charge is -2.08. The summed E-state index contributed by atoms with van der Waals surface area (Å²) in [6, 6.07) is 5.51. The first-order valence-corrected chi connectivity index (χ1v) is 6.24. The van der Waals surface area contributed by atoms with Crippen molar-refractivity contribution in [2.24, 2.45) is 0 Å². The number of pyridine rings is 1. The highest BCUT2D eigenvalue weighted by atomic mass is 79.9. The molecule has 3 N–H and O–H groups in total. The Morgan fingerprint density at radius 2 is 2.11 bits per heavy atom. The summed E-state index contributed by atoms with van der Waals surface area (Å²) in [5.41, 5.74) is 6.65. The Kier molecular flexibility index (Phi) is 3.80. The van der Waals surface area contributed by atoms with Crippen LogP contribution in [-0.2, 0) is 0 Å². The highest BCUT2D eigenvalue weighted by molar-refractivity contribution is 9.10. The molecule has 0 atom stereocenters. The van der Waals surface area contributed by atoms with E-state index in [2.05, 4.69) is 26.2 Å². The van der Waals surface area contributed by atoms with Crippen LogP contribution in [0.3, 0.4) is 0 Å². The normalized spacial score (nSPS) is 10.3. The fraction of sp³-hybridized carbons (Fsp3) is 0.0769. The average Bonchev–Trinajstić information content (AvgIpc) is 2.31. The molecule has 0 spiro atoms.